The van der Waals surface area contributed by atoms with Gasteiger partial charge in [0, 0.05) is 38.3 Å². The zero-order valence-corrected chi connectivity index (χ0v) is 24.2. The number of H-pyrrole nitrogens is 1. The summed E-state index contributed by atoms with van der Waals surface area (Å²) in [6.45, 7) is 0. The van der Waals surface area contributed by atoms with Crippen LogP contribution in [0.25, 0.3) is 21.8 Å². The van der Waals surface area contributed by atoms with Crippen LogP contribution in [0.1, 0.15) is 22.3 Å². The third-order valence-electron chi connectivity index (χ3n) is 6.16. The van der Waals surface area contributed by atoms with E-state index < -0.39 is 0 Å². The average Bonchev–Trinajstić information content (AvgIpc) is 2.92. The molecule has 188 valence electrons. The average molecular weight is 647 g/mol. The van der Waals surface area contributed by atoms with Gasteiger partial charge >= 0.3 is 0 Å². The van der Waals surface area contributed by atoms with Gasteiger partial charge in [-0.1, -0.05) is 104 Å². The molecule has 0 bridgehead atoms. The Morgan fingerprint density at radius 2 is 1.21 bits per heavy atom. The Hall–Kier alpha value is -3.25. The van der Waals surface area contributed by atoms with Crippen LogP contribution in [-0.2, 0) is 12.8 Å². The molecule has 0 unspecified atom stereocenters. The Kier molecular flexibility index (Phi) is 8.38. The zero-order valence-electron chi connectivity index (χ0n) is 20.3. The number of benzene rings is 4. The molecule has 6 heteroatoms. The smallest absolute Gasteiger partial charge is 0.251 e. The van der Waals surface area contributed by atoms with E-state index >= 15 is 0 Å². The topological polar surface area (TPSA) is 45.8 Å². The van der Waals surface area contributed by atoms with Crippen molar-refractivity contribution < 1.29 is 0 Å². The highest BCUT2D eigenvalue weighted by Gasteiger charge is 2.07. The number of nitrogens with one attached hydrogen (secondary N) is 1. The molecule has 0 amide bonds. The third kappa shape index (κ3) is 6.60. The zero-order chi connectivity index (χ0) is 26.5. The number of rotatable bonds is 4. The summed E-state index contributed by atoms with van der Waals surface area (Å²) in [5.41, 5.74) is 5.99. The highest BCUT2D eigenvalue weighted by Crippen LogP contribution is 2.25. The van der Waals surface area contributed by atoms with Crippen molar-refractivity contribution in [3.05, 3.63) is 156 Å². The summed E-state index contributed by atoms with van der Waals surface area (Å²) in [7, 11) is 0. The lowest BCUT2D eigenvalue weighted by Gasteiger charge is -2.06. The molecule has 0 atom stereocenters. The second kappa shape index (κ2) is 12.1. The van der Waals surface area contributed by atoms with Crippen molar-refractivity contribution in [3.8, 4) is 0 Å². The summed E-state index contributed by atoms with van der Waals surface area (Å²) in [4.78, 5) is 19.4. The number of fused-ring (bicyclic) bond motifs is 2. The molecule has 3 nitrogen and oxygen atoms in total. The van der Waals surface area contributed by atoms with E-state index in [2.05, 4.69) is 66.1 Å². The minimum absolute atomic E-state index is 0.0151. The normalized spacial score (nSPS) is 10.8. The molecule has 0 aliphatic rings. The van der Waals surface area contributed by atoms with Gasteiger partial charge in [0.25, 0.3) is 5.56 Å². The Bertz CT molecular complexity index is 1770. The third-order valence-corrected chi connectivity index (χ3v) is 7.47. The van der Waals surface area contributed by atoms with Gasteiger partial charge in [0.2, 0.25) is 0 Å². The van der Waals surface area contributed by atoms with Crippen LogP contribution in [0.15, 0.2) is 123 Å². The number of aromatic amines is 1. The van der Waals surface area contributed by atoms with E-state index in [4.69, 9.17) is 11.6 Å². The molecule has 6 rings (SSSR count). The Balaban J connectivity index is 0.000000155. The van der Waals surface area contributed by atoms with Crippen LogP contribution in [0, 0.1) is 0 Å². The van der Waals surface area contributed by atoms with Crippen molar-refractivity contribution in [1.82, 2.24) is 9.97 Å². The van der Waals surface area contributed by atoms with Gasteiger partial charge in [-0.15, -0.1) is 0 Å². The van der Waals surface area contributed by atoms with Crippen LogP contribution in [-0.4, -0.2) is 9.97 Å². The first-order chi connectivity index (χ1) is 18.4. The van der Waals surface area contributed by atoms with Crippen LogP contribution < -0.4 is 5.56 Å². The first-order valence-electron chi connectivity index (χ1n) is 12.1. The molecule has 0 saturated carbocycles. The van der Waals surface area contributed by atoms with Crippen LogP contribution in [0.3, 0.4) is 0 Å². The Labute approximate surface area is 242 Å². The lowest BCUT2D eigenvalue weighted by atomic mass is 10.0. The van der Waals surface area contributed by atoms with Gasteiger partial charge in [0.05, 0.1) is 5.52 Å². The van der Waals surface area contributed by atoms with Gasteiger partial charge in [0.1, 0.15) is 5.15 Å². The molecule has 2 heterocycles. The van der Waals surface area contributed by atoms with Gasteiger partial charge in [-0.25, -0.2) is 4.98 Å². The Morgan fingerprint density at radius 3 is 1.87 bits per heavy atom. The number of pyridine rings is 2. The van der Waals surface area contributed by atoms with Crippen molar-refractivity contribution in [2.45, 2.75) is 12.8 Å². The van der Waals surface area contributed by atoms with Crippen LogP contribution in [0.4, 0.5) is 0 Å². The maximum atomic E-state index is 12.1. The molecule has 6 aromatic rings. The summed E-state index contributed by atoms with van der Waals surface area (Å²) in [5.74, 6) is 0. The Morgan fingerprint density at radius 1 is 0.658 bits per heavy atom. The SMILES string of the molecule is Clc1nc2ccc(Br)cc2cc1Cc1ccccc1.O=c1[nH]c2ccc(Br)cc2cc1Cc1ccccc1. The molecule has 1 N–H and O–H groups in total. The van der Waals surface area contributed by atoms with E-state index in [0.717, 1.165) is 53.9 Å². The number of hydrogen-bond acceptors (Lipinski definition) is 2. The molecule has 4 aromatic carbocycles. The van der Waals surface area contributed by atoms with E-state index in [-0.39, 0.29) is 5.56 Å². The maximum absolute atomic E-state index is 12.1. The molecular weight excluding hydrogens is 624 g/mol. The van der Waals surface area contributed by atoms with Crippen LogP contribution in [0.5, 0.6) is 0 Å². The highest BCUT2D eigenvalue weighted by atomic mass is 79.9. The molecule has 0 saturated heterocycles. The fourth-order valence-electron chi connectivity index (χ4n) is 4.28. The molecule has 0 aliphatic carbocycles. The van der Waals surface area contributed by atoms with Gasteiger partial charge in [-0.3, -0.25) is 4.79 Å². The highest BCUT2D eigenvalue weighted by molar-refractivity contribution is 9.10. The lowest BCUT2D eigenvalue weighted by molar-refractivity contribution is 1.12. The number of hydrogen-bond donors (Lipinski definition) is 1. The lowest BCUT2D eigenvalue weighted by Crippen LogP contribution is -2.12. The van der Waals surface area contributed by atoms with Crippen molar-refractivity contribution in [2.24, 2.45) is 0 Å². The molecule has 2 aromatic heterocycles. The first-order valence-corrected chi connectivity index (χ1v) is 14.0. The standard InChI is InChI=1S/C16H11BrClN.C16H12BrNO/c17-14-6-7-15-12(10-14)9-13(16(18)19-15)8-11-4-2-1-3-5-11;17-14-6-7-15-12(10-14)9-13(16(19)18-15)8-11-4-2-1-3-5-11/h1-7,9-10H,8H2;1-7,9-10H,8H2,(H,18,19). The second-order valence-corrected chi connectivity index (χ2v) is 11.1. The van der Waals surface area contributed by atoms with Crippen molar-refractivity contribution in [2.75, 3.05) is 0 Å². The summed E-state index contributed by atoms with van der Waals surface area (Å²) < 4.78 is 2.06. The summed E-state index contributed by atoms with van der Waals surface area (Å²) >= 11 is 13.2. The monoisotopic (exact) mass is 644 g/mol. The van der Waals surface area contributed by atoms with Gasteiger partial charge < -0.3 is 4.98 Å². The van der Waals surface area contributed by atoms with Crippen molar-refractivity contribution >= 4 is 65.3 Å². The van der Waals surface area contributed by atoms with Gasteiger partial charge in [0.15, 0.2) is 0 Å². The van der Waals surface area contributed by atoms with Gasteiger partial charge in [-0.2, -0.15) is 0 Å². The fraction of sp³-hybridized carbons (Fsp3) is 0.0625. The van der Waals surface area contributed by atoms with E-state index in [1.807, 2.05) is 84.9 Å². The van der Waals surface area contributed by atoms with E-state index in [0.29, 0.717) is 11.6 Å². The quantitative estimate of drug-likeness (QED) is 0.194. The van der Waals surface area contributed by atoms with E-state index in [9.17, 15) is 4.79 Å². The van der Waals surface area contributed by atoms with Crippen molar-refractivity contribution in [3.63, 3.8) is 0 Å². The largest absolute Gasteiger partial charge is 0.322 e. The molecule has 0 fully saturated rings. The fourth-order valence-corrected chi connectivity index (χ4v) is 5.25. The number of aromatic nitrogens is 2. The number of nitrogens with zero attached hydrogens (tertiary/aromatic N) is 1. The van der Waals surface area contributed by atoms with Crippen LogP contribution >= 0.6 is 43.5 Å². The van der Waals surface area contributed by atoms with Crippen LogP contribution in [0.2, 0.25) is 5.15 Å². The minimum atomic E-state index is -0.0151. The molecule has 0 radical (unpaired) electrons. The predicted octanol–water partition coefficient (Wildman–Crippen LogP) is 9.12. The number of halogens is 3. The van der Waals surface area contributed by atoms with E-state index in [1.165, 1.54) is 5.56 Å². The van der Waals surface area contributed by atoms with E-state index in [1.54, 1.807) is 0 Å². The molecule has 38 heavy (non-hydrogen) atoms. The summed E-state index contributed by atoms with van der Waals surface area (Å²) in [6, 6.07) is 36.2. The summed E-state index contributed by atoms with van der Waals surface area (Å²) in [5, 5.41) is 2.73. The van der Waals surface area contributed by atoms with Gasteiger partial charge in [-0.05, 0) is 70.6 Å². The maximum Gasteiger partial charge on any atom is 0.251 e. The second-order valence-electron chi connectivity index (χ2n) is 8.96. The summed E-state index contributed by atoms with van der Waals surface area (Å²) in [6.07, 6.45) is 1.45. The molecular formula is C32H23Br2ClN2O. The molecule has 0 aliphatic heterocycles. The minimum Gasteiger partial charge on any atom is -0.322 e. The first kappa shape index (κ1) is 26.4. The predicted molar refractivity (Wildman–Crippen MR) is 165 cm³/mol. The molecule has 0 spiro atoms. The van der Waals surface area contributed by atoms with Crippen molar-refractivity contribution in [1.29, 1.82) is 0 Å².